The zero-order valence-corrected chi connectivity index (χ0v) is 25.2. The van der Waals surface area contributed by atoms with Crippen LogP contribution in [-0.4, -0.2) is 76.7 Å². The molecule has 2 saturated heterocycles. The van der Waals surface area contributed by atoms with Crippen LogP contribution in [0.4, 0.5) is 46.6 Å². The van der Waals surface area contributed by atoms with E-state index in [1.54, 1.807) is 18.7 Å². The highest BCUT2D eigenvalue weighted by Crippen LogP contribution is 2.48. The van der Waals surface area contributed by atoms with Gasteiger partial charge in [0.05, 0.1) is 23.9 Å². The predicted octanol–water partition coefficient (Wildman–Crippen LogP) is 5.77. The summed E-state index contributed by atoms with van der Waals surface area (Å²) < 4.78 is 128. The Morgan fingerprint density at radius 2 is 1.80 bits per heavy atom. The molecule has 0 bridgehead atoms. The molecule has 4 N–H and O–H groups in total. The van der Waals surface area contributed by atoms with Crippen LogP contribution in [0.25, 0.3) is 22.2 Å². The number of halogens is 8. The van der Waals surface area contributed by atoms with Crippen molar-refractivity contribution in [2.75, 3.05) is 50.4 Å². The largest absolute Gasteiger partial charge is 0.474 e. The van der Waals surface area contributed by atoms with Gasteiger partial charge in [-0.3, -0.25) is 4.90 Å². The number of alkyl halides is 5. The van der Waals surface area contributed by atoms with Crippen molar-refractivity contribution in [3.05, 3.63) is 29.1 Å². The van der Waals surface area contributed by atoms with E-state index in [2.05, 4.69) is 25.6 Å². The van der Waals surface area contributed by atoms with E-state index in [1.807, 2.05) is 6.92 Å². The van der Waals surface area contributed by atoms with Gasteiger partial charge in [-0.05, 0) is 32.4 Å². The molecule has 2 atom stereocenters. The second-order valence-electron chi connectivity index (χ2n) is 11.5. The summed E-state index contributed by atoms with van der Waals surface area (Å²) in [5.74, 6) is -9.13. The molecule has 46 heavy (non-hydrogen) atoms. The van der Waals surface area contributed by atoms with Gasteiger partial charge < -0.3 is 25.8 Å². The first kappa shape index (κ1) is 33.6. The molecule has 2 aromatic heterocycles. The number of nitrogens with two attached hydrogens (primary N) is 1. The van der Waals surface area contributed by atoms with E-state index < -0.39 is 94.1 Å². The highest BCUT2D eigenvalue weighted by Gasteiger charge is 2.60. The molecule has 1 aromatic carbocycles. The van der Waals surface area contributed by atoms with Gasteiger partial charge in [0.15, 0.2) is 17.5 Å². The fourth-order valence-electron chi connectivity index (χ4n) is 5.67. The number of nitrogens with one attached hydrogen (secondary N) is 2. The van der Waals surface area contributed by atoms with Crippen molar-refractivity contribution in [2.24, 2.45) is 0 Å². The number of pyridine rings is 1. The standard InChI is InChI=1S/C29H33F8N7O2/c1-4-14(3)46-25-17-23(21(32)22(41-25)15-10-16(38)19(30)20(31)18(15)29(35,36)37)42-26(43-24(17)40-8-7-39-5-2)45-13-27-6-9-44(27)12-28(33,34)11-27/h10,14,39H,4-9,11-13,38H2,1-3H3,(H,40,42,43). The van der Waals surface area contributed by atoms with Crippen LogP contribution in [-0.2, 0) is 6.18 Å². The zero-order valence-electron chi connectivity index (χ0n) is 25.2. The second-order valence-corrected chi connectivity index (χ2v) is 11.5. The Hall–Kier alpha value is -3.73. The Bertz CT molecular complexity index is 1620. The number of nitrogen functional groups attached to an aromatic ring is 1. The molecule has 4 heterocycles. The van der Waals surface area contributed by atoms with Crippen LogP contribution in [0.3, 0.4) is 0 Å². The van der Waals surface area contributed by atoms with Gasteiger partial charge >= 0.3 is 12.2 Å². The summed E-state index contributed by atoms with van der Waals surface area (Å²) in [7, 11) is 0. The smallest absolute Gasteiger partial charge is 0.419 e. The van der Waals surface area contributed by atoms with E-state index in [0.29, 0.717) is 38.5 Å². The molecular weight excluding hydrogens is 630 g/mol. The number of aromatic nitrogens is 3. The molecule has 2 unspecified atom stereocenters. The summed E-state index contributed by atoms with van der Waals surface area (Å²) in [6, 6.07) is -0.0223. The lowest BCUT2D eigenvalue weighted by Gasteiger charge is -2.46. The number of rotatable bonds is 12. The Kier molecular flexibility index (Phi) is 9.11. The molecule has 17 heteroatoms. The van der Waals surface area contributed by atoms with Gasteiger partial charge in [0.1, 0.15) is 34.6 Å². The average Bonchev–Trinajstić information content (AvgIpc) is 3.16. The molecule has 9 nitrogen and oxygen atoms in total. The van der Waals surface area contributed by atoms with E-state index in [1.165, 1.54) is 0 Å². The van der Waals surface area contributed by atoms with Crippen molar-refractivity contribution in [3.8, 4) is 23.1 Å². The highest BCUT2D eigenvalue weighted by atomic mass is 19.4. The Morgan fingerprint density at radius 1 is 1.07 bits per heavy atom. The molecule has 0 amide bonds. The summed E-state index contributed by atoms with van der Waals surface area (Å²) in [6.07, 6.45) is -5.73. The minimum atomic E-state index is -5.48. The molecule has 252 valence electrons. The van der Waals surface area contributed by atoms with Crippen molar-refractivity contribution in [1.82, 2.24) is 25.2 Å². The SMILES string of the molecule is CCNCCNc1nc(OCC23CCN2CC(F)(F)C3)nc2c(F)c(-c3cc(N)c(F)c(F)c3C(F)(F)F)nc(OC(C)CC)c12. The van der Waals surface area contributed by atoms with Gasteiger partial charge in [0, 0.05) is 31.6 Å². The lowest BCUT2D eigenvalue weighted by molar-refractivity contribution is -0.139. The Labute approximate surface area is 258 Å². The van der Waals surface area contributed by atoms with Crippen LogP contribution in [0.5, 0.6) is 11.9 Å². The third-order valence-corrected chi connectivity index (χ3v) is 8.23. The number of benzene rings is 1. The fourth-order valence-corrected chi connectivity index (χ4v) is 5.67. The molecule has 2 aliphatic rings. The Morgan fingerprint density at radius 3 is 2.41 bits per heavy atom. The van der Waals surface area contributed by atoms with Crippen LogP contribution in [0.2, 0.25) is 0 Å². The van der Waals surface area contributed by atoms with Gasteiger partial charge in [-0.15, -0.1) is 0 Å². The first-order valence-corrected chi connectivity index (χ1v) is 14.7. The van der Waals surface area contributed by atoms with Gasteiger partial charge in [-0.2, -0.15) is 23.1 Å². The van der Waals surface area contributed by atoms with Crippen molar-refractivity contribution in [3.63, 3.8) is 0 Å². The lowest BCUT2D eigenvalue weighted by Crippen LogP contribution is -2.59. The summed E-state index contributed by atoms with van der Waals surface area (Å²) in [6.45, 7) is 6.27. The van der Waals surface area contributed by atoms with Gasteiger partial charge in [-0.1, -0.05) is 13.8 Å². The van der Waals surface area contributed by atoms with E-state index in [4.69, 9.17) is 15.2 Å². The van der Waals surface area contributed by atoms with E-state index in [9.17, 15) is 30.7 Å². The molecule has 5 rings (SSSR count). The summed E-state index contributed by atoms with van der Waals surface area (Å²) >= 11 is 0. The Balaban J connectivity index is 1.70. The van der Waals surface area contributed by atoms with Crippen LogP contribution in [0, 0.1) is 17.5 Å². The molecule has 0 aliphatic carbocycles. The molecular formula is C29H33F8N7O2. The minimum Gasteiger partial charge on any atom is -0.474 e. The number of fused-ring (bicyclic) bond motifs is 2. The van der Waals surface area contributed by atoms with Crippen LogP contribution in [0.15, 0.2) is 6.07 Å². The maximum absolute atomic E-state index is 16.4. The number of ether oxygens (including phenoxy) is 2. The quantitative estimate of drug-likeness (QED) is 0.126. The zero-order chi connectivity index (χ0) is 33.6. The first-order chi connectivity index (χ1) is 21.6. The van der Waals surface area contributed by atoms with Gasteiger partial charge in [0.25, 0.3) is 5.92 Å². The maximum Gasteiger partial charge on any atom is 0.419 e. The number of hydrogen-bond acceptors (Lipinski definition) is 9. The summed E-state index contributed by atoms with van der Waals surface area (Å²) in [5, 5.41) is 5.92. The average molecular weight is 664 g/mol. The topological polar surface area (TPSA) is 110 Å². The monoisotopic (exact) mass is 663 g/mol. The number of likely N-dealkylation sites (N-methyl/N-ethyl adjacent to an activating group) is 1. The number of nitrogens with zero attached hydrogens (tertiary/aromatic N) is 4. The molecule has 0 radical (unpaired) electrons. The van der Waals surface area contributed by atoms with Crippen molar-refractivity contribution in [2.45, 2.75) is 63.8 Å². The maximum atomic E-state index is 16.4. The van der Waals surface area contributed by atoms with E-state index in [-0.39, 0.29) is 24.4 Å². The van der Waals surface area contributed by atoms with E-state index >= 15 is 4.39 Å². The van der Waals surface area contributed by atoms with Crippen molar-refractivity contribution in [1.29, 1.82) is 0 Å². The van der Waals surface area contributed by atoms with Crippen LogP contribution < -0.4 is 25.8 Å². The highest BCUT2D eigenvalue weighted by molar-refractivity contribution is 5.96. The number of anilines is 2. The molecule has 2 aliphatic heterocycles. The normalized spacial score (nSPS) is 20.0. The molecule has 3 aromatic rings. The van der Waals surface area contributed by atoms with Crippen LogP contribution in [0.1, 0.15) is 45.6 Å². The second kappa shape index (κ2) is 12.5. The molecule has 0 spiro atoms. The summed E-state index contributed by atoms with van der Waals surface area (Å²) in [5.41, 5.74) is -1.52. The van der Waals surface area contributed by atoms with Gasteiger partial charge in [-0.25, -0.2) is 26.9 Å². The minimum absolute atomic E-state index is 0.0604. The fraction of sp³-hybridized carbons (Fsp3) is 0.552. The van der Waals surface area contributed by atoms with Crippen molar-refractivity contribution < 1.29 is 44.6 Å². The summed E-state index contributed by atoms with van der Waals surface area (Å²) in [4.78, 5) is 14.1. The van der Waals surface area contributed by atoms with E-state index in [0.717, 1.165) is 0 Å². The first-order valence-electron chi connectivity index (χ1n) is 14.7. The predicted molar refractivity (Wildman–Crippen MR) is 153 cm³/mol. The third-order valence-electron chi connectivity index (χ3n) is 8.23. The third kappa shape index (κ3) is 6.30. The van der Waals surface area contributed by atoms with Crippen molar-refractivity contribution >= 4 is 22.4 Å². The number of hydrogen-bond donors (Lipinski definition) is 3. The lowest BCUT2D eigenvalue weighted by atomic mass is 9.85. The molecule has 0 saturated carbocycles. The van der Waals surface area contributed by atoms with Crippen LogP contribution >= 0.6 is 0 Å². The van der Waals surface area contributed by atoms with Gasteiger partial charge in [0.2, 0.25) is 5.88 Å². The molecule has 2 fully saturated rings.